The van der Waals surface area contributed by atoms with Crippen molar-refractivity contribution in [3.63, 3.8) is 0 Å². The fourth-order valence-corrected chi connectivity index (χ4v) is 3.24. The Morgan fingerprint density at radius 1 is 1.14 bits per heavy atom. The highest BCUT2D eigenvalue weighted by atomic mass is 32.2. The number of aliphatic hydroxyl groups excluding tert-OH is 1. The van der Waals surface area contributed by atoms with Crippen molar-refractivity contribution in [2.24, 2.45) is 0 Å². The summed E-state index contributed by atoms with van der Waals surface area (Å²) in [6.07, 6.45) is 3.46. The van der Waals surface area contributed by atoms with Gasteiger partial charge in [-0.3, -0.25) is 0 Å². The van der Waals surface area contributed by atoms with Gasteiger partial charge < -0.3 is 10.4 Å². The second-order valence-electron chi connectivity index (χ2n) is 5.23. The van der Waals surface area contributed by atoms with Gasteiger partial charge in [-0.15, -0.1) is 0 Å². The number of aliphatic hydroxyl groups is 1. The van der Waals surface area contributed by atoms with Crippen molar-refractivity contribution in [2.75, 3.05) is 12.4 Å². The zero-order valence-electron chi connectivity index (χ0n) is 12.4. The van der Waals surface area contributed by atoms with Crippen LogP contribution < -0.4 is 5.32 Å². The summed E-state index contributed by atoms with van der Waals surface area (Å²) in [5.41, 5.74) is 0.573. The van der Waals surface area contributed by atoms with E-state index >= 15 is 0 Å². The lowest BCUT2D eigenvalue weighted by atomic mass is 9.92. The molecular formula is C16H21N3OS. The van der Waals surface area contributed by atoms with E-state index in [0.29, 0.717) is 5.75 Å². The van der Waals surface area contributed by atoms with Gasteiger partial charge in [-0.05, 0) is 25.5 Å². The number of benzene rings is 1. The van der Waals surface area contributed by atoms with E-state index in [-0.39, 0.29) is 12.6 Å². The van der Waals surface area contributed by atoms with Crippen LogP contribution in [-0.4, -0.2) is 33.5 Å². The maximum Gasteiger partial charge on any atom is 0.187 e. The molecule has 1 atom stereocenters. The number of nitrogens with one attached hydrogen (secondary N) is 1. The zero-order chi connectivity index (χ0) is 15.1. The van der Waals surface area contributed by atoms with E-state index in [4.69, 9.17) is 0 Å². The van der Waals surface area contributed by atoms with Crippen LogP contribution >= 0.6 is 11.8 Å². The van der Waals surface area contributed by atoms with E-state index in [9.17, 15) is 5.11 Å². The van der Waals surface area contributed by atoms with Gasteiger partial charge in [-0.1, -0.05) is 42.1 Å². The zero-order valence-corrected chi connectivity index (χ0v) is 13.2. The molecule has 1 aromatic heterocycles. The van der Waals surface area contributed by atoms with Crippen LogP contribution in [0.2, 0.25) is 0 Å². The van der Waals surface area contributed by atoms with Crippen molar-refractivity contribution >= 4 is 11.8 Å². The van der Waals surface area contributed by atoms with Gasteiger partial charge >= 0.3 is 0 Å². The van der Waals surface area contributed by atoms with Crippen molar-refractivity contribution in [1.29, 1.82) is 0 Å². The monoisotopic (exact) mass is 303 g/mol. The smallest absolute Gasteiger partial charge is 0.187 e. The van der Waals surface area contributed by atoms with E-state index in [1.165, 1.54) is 0 Å². The molecule has 0 fully saturated rings. The predicted octanol–water partition coefficient (Wildman–Crippen LogP) is 2.45. The molecule has 5 heteroatoms. The molecule has 0 aliphatic carbocycles. The Kier molecular flexibility index (Phi) is 5.73. The molecule has 0 aliphatic heterocycles. The third kappa shape index (κ3) is 4.27. The molecule has 1 unspecified atom stereocenters. The number of hydrogen-bond donors (Lipinski definition) is 2. The topological polar surface area (TPSA) is 58.0 Å². The first-order chi connectivity index (χ1) is 10.2. The standard InChI is InChI=1S/C16H21N3OS/c1-13(2)19-16(11-20,14-7-4-3-5-8-14)12-21-15-17-9-6-10-18-15/h3-10,13,19-20H,11-12H2,1-2H3. The van der Waals surface area contributed by atoms with Gasteiger partial charge in [-0.2, -0.15) is 0 Å². The predicted molar refractivity (Wildman–Crippen MR) is 86.2 cm³/mol. The minimum absolute atomic E-state index is 0.0228. The highest BCUT2D eigenvalue weighted by molar-refractivity contribution is 7.99. The number of rotatable bonds is 7. The number of hydrogen-bond acceptors (Lipinski definition) is 5. The minimum Gasteiger partial charge on any atom is -0.394 e. The molecular weight excluding hydrogens is 282 g/mol. The summed E-state index contributed by atoms with van der Waals surface area (Å²) in [5, 5.41) is 14.3. The summed E-state index contributed by atoms with van der Waals surface area (Å²) in [5.74, 6) is 0.662. The Labute approximate surface area is 130 Å². The normalized spacial score (nSPS) is 14.1. The highest BCUT2D eigenvalue weighted by Crippen LogP contribution is 2.28. The largest absolute Gasteiger partial charge is 0.394 e. The Balaban J connectivity index is 2.23. The first kappa shape index (κ1) is 15.9. The Morgan fingerprint density at radius 3 is 2.38 bits per heavy atom. The molecule has 0 saturated heterocycles. The van der Waals surface area contributed by atoms with Crippen molar-refractivity contribution in [2.45, 2.75) is 30.6 Å². The van der Waals surface area contributed by atoms with Gasteiger partial charge in [-0.25, -0.2) is 9.97 Å². The van der Waals surface area contributed by atoms with Crippen LogP contribution in [0.1, 0.15) is 19.4 Å². The fraction of sp³-hybridized carbons (Fsp3) is 0.375. The lowest BCUT2D eigenvalue weighted by Crippen LogP contribution is -2.51. The third-order valence-electron chi connectivity index (χ3n) is 3.15. The molecule has 0 aliphatic rings. The second kappa shape index (κ2) is 7.54. The molecule has 1 aromatic carbocycles. The molecule has 0 saturated carbocycles. The summed E-state index contributed by atoms with van der Waals surface area (Å²) in [6, 6.07) is 12.1. The maximum absolute atomic E-state index is 10.0. The molecule has 0 spiro atoms. The van der Waals surface area contributed by atoms with Gasteiger partial charge in [0.1, 0.15) is 0 Å². The SMILES string of the molecule is CC(C)NC(CO)(CSc1ncccn1)c1ccccc1. The highest BCUT2D eigenvalue weighted by Gasteiger charge is 2.32. The average Bonchev–Trinajstić information content (AvgIpc) is 2.53. The van der Waals surface area contributed by atoms with Gasteiger partial charge in [0.25, 0.3) is 0 Å². The molecule has 0 amide bonds. The maximum atomic E-state index is 10.0. The van der Waals surface area contributed by atoms with E-state index in [1.54, 1.807) is 30.2 Å². The first-order valence-electron chi connectivity index (χ1n) is 7.00. The molecule has 4 nitrogen and oxygen atoms in total. The molecule has 21 heavy (non-hydrogen) atoms. The summed E-state index contributed by atoms with van der Waals surface area (Å²) >= 11 is 1.54. The second-order valence-corrected chi connectivity index (χ2v) is 6.17. The van der Waals surface area contributed by atoms with E-state index in [0.717, 1.165) is 10.7 Å². The van der Waals surface area contributed by atoms with E-state index in [1.807, 2.05) is 30.3 Å². The third-order valence-corrected chi connectivity index (χ3v) is 4.26. The van der Waals surface area contributed by atoms with Crippen LogP contribution in [-0.2, 0) is 5.54 Å². The molecule has 2 rings (SSSR count). The van der Waals surface area contributed by atoms with Crippen molar-refractivity contribution in [1.82, 2.24) is 15.3 Å². The molecule has 112 valence electrons. The Bertz CT molecular complexity index is 536. The summed E-state index contributed by atoms with van der Waals surface area (Å²) < 4.78 is 0. The number of nitrogens with zero attached hydrogens (tertiary/aromatic N) is 2. The summed E-state index contributed by atoms with van der Waals surface area (Å²) in [6.45, 7) is 4.18. The van der Waals surface area contributed by atoms with E-state index < -0.39 is 5.54 Å². The molecule has 2 aromatic rings. The van der Waals surface area contributed by atoms with Gasteiger partial charge in [0.15, 0.2) is 5.16 Å². The Morgan fingerprint density at radius 2 is 1.81 bits per heavy atom. The van der Waals surface area contributed by atoms with Crippen LogP contribution in [0.25, 0.3) is 0 Å². The molecule has 0 radical (unpaired) electrons. The van der Waals surface area contributed by atoms with Crippen molar-refractivity contribution in [3.8, 4) is 0 Å². The van der Waals surface area contributed by atoms with Crippen molar-refractivity contribution < 1.29 is 5.11 Å². The number of thioether (sulfide) groups is 1. The molecule has 1 heterocycles. The van der Waals surface area contributed by atoms with Crippen LogP contribution in [0, 0.1) is 0 Å². The average molecular weight is 303 g/mol. The van der Waals surface area contributed by atoms with Gasteiger partial charge in [0, 0.05) is 24.2 Å². The Hall–Kier alpha value is -1.43. The lowest BCUT2D eigenvalue weighted by molar-refractivity contribution is 0.169. The van der Waals surface area contributed by atoms with Gasteiger partial charge in [0.2, 0.25) is 0 Å². The van der Waals surface area contributed by atoms with Gasteiger partial charge in [0.05, 0.1) is 12.1 Å². The first-order valence-corrected chi connectivity index (χ1v) is 7.99. The van der Waals surface area contributed by atoms with Crippen LogP contribution in [0.5, 0.6) is 0 Å². The summed E-state index contributed by atoms with van der Waals surface area (Å²) in [4.78, 5) is 8.46. The lowest BCUT2D eigenvalue weighted by Gasteiger charge is -2.35. The fourth-order valence-electron chi connectivity index (χ4n) is 2.25. The van der Waals surface area contributed by atoms with E-state index in [2.05, 4.69) is 29.1 Å². The summed E-state index contributed by atoms with van der Waals surface area (Å²) in [7, 11) is 0. The van der Waals surface area contributed by atoms with Crippen LogP contribution in [0.4, 0.5) is 0 Å². The van der Waals surface area contributed by atoms with Crippen molar-refractivity contribution in [3.05, 3.63) is 54.4 Å². The number of aromatic nitrogens is 2. The molecule has 0 bridgehead atoms. The molecule has 2 N–H and O–H groups in total. The van der Waals surface area contributed by atoms with Crippen LogP contribution in [0.3, 0.4) is 0 Å². The minimum atomic E-state index is -0.501. The van der Waals surface area contributed by atoms with Crippen LogP contribution in [0.15, 0.2) is 53.9 Å². The quantitative estimate of drug-likeness (QED) is 0.608.